The molecule has 0 radical (unpaired) electrons. The fourth-order valence-electron chi connectivity index (χ4n) is 2.34. The molecule has 0 saturated heterocycles. The average Bonchev–Trinajstić information content (AvgIpc) is 2.96. The maximum atomic E-state index is 13.6. The van der Waals surface area contributed by atoms with Crippen LogP contribution in [0.3, 0.4) is 0 Å². The number of nitrogen functional groups attached to an aromatic ring is 1. The van der Waals surface area contributed by atoms with E-state index in [0.717, 1.165) is 12.8 Å². The smallest absolute Gasteiger partial charge is 0.182 e. The van der Waals surface area contributed by atoms with Gasteiger partial charge in [-0.25, -0.2) is 9.07 Å². The van der Waals surface area contributed by atoms with Crippen molar-refractivity contribution in [1.29, 1.82) is 0 Å². The maximum absolute atomic E-state index is 13.6. The molecule has 0 aliphatic heterocycles. The Bertz CT molecular complexity index is 581. The number of rotatable bonds is 7. The molecule has 0 bridgehead atoms. The van der Waals surface area contributed by atoms with Gasteiger partial charge in [-0.2, -0.15) is 0 Å². The van der Waals surface area contributed by atoms with Crippen LogP contribution >= 0.6 is 0 Å². The Hall–Kier alpha value is -1.98. The van der Waals surface area contributed by atoms with E-state index < -0.39 is 5.82 Å². The minimum absolute atomic E-state index is 0.130. The van der Waals surface area contributed by atoms with Crippen LogP contribution < -0.4 is 5.73 Å². The summed E-state index contributed by atoms with van der Waals surface area (Å²) in [5, 5.41) is 11.8. The van der Waals surface area contributed by atoms with Crippen molar-refractivity contribution in [2.45, 2.75) is 52.0 Å². The molecular weight excluding hydrogens is 269 g/mol. The van der Waals surface area contributed by atoms with Crippen LogP contribution in [-0.4, -0.2) is 20.2 Å². The van der Waals surface area contributed by atoms with Crippen LogP contribution in [-0.2, 0) is 0 Å². The van der Waals surface area contributed by atoms with Gasteiger partial charge < -0.3 is 5.73 Å². The summed E-state index contributed by atoms with van der Waals surface area (Å²) < 4.78 is 15.3. The Morgan fingerprint density at radius 3 is 2.81 bits per heavy atom. The molecule has 1 atom stereocenters. The van der Waals surface area contributed by atoms with E-state index in [1.165, 1.54) is 31.4 Å². The van der Waals surface area contributed by atoms with Gasteiger partial charge in [-0.15, -0.1) is 5.10 Å². The minimum atomic E-state index is -0.447. The Balaban J connectivity index is 2.12. The van der Waals surface area contributed by atoms with Crippen LogP contribution in [0.4, 0.5) is 10.1 Å². The molecule has 2 aromatic rings. The van der Waals surface area contributed by atoms with Gasteiger partial charge in [0.25, 0.3) is 0 Å². The molecule has 114 valence electrons. The molecule has 5 nitrogen and oxygen atoms in total. The van der Waals surface area contributed by atoms with Gasteiger partial charge >= 0.3 is 0 Å². The molecule has 2 N–H and O–H groups in total. The number of aromatic nitrogens is 4. The normalized spacial score (nSPS) is 12.5. The quantitative estimate of drug-likeness (QED) is 0.625. The van der Waals surface area contributed by atoms with Crippen molar-refractivity contribution in [1.82, 2.24) is 20.2 Å². The first-order valence-electron chi connectivity index (χ1n) is 7.46. The van der Waals surface area contributed by atoms with Gasteiger partial charge in [0, 0.05) is 5.56 Å². The van der Waals surface area contributed by atoms with E-state index in [9.17, 15) is 4.39 Å². The molecule has 1 aromatic carbocycles. The number of anilines is 1. The van der Waals surface area contributed by atoms with Gasteiger partial charge in [-0.3, -0.25) is 0 Å². The van der Waals surface area contributed by atoms with E-state index in [-0.39, 0.29) is 11.7 Å². The zero-order valence-electron chi connectivity index (χ0n) is 12.6. The van der Waals surface area contributed by atoms with Crippen molar-refractivity contribution in [3.63, 3.8) is 0 Å². The van der Waals surface area contributed by atoms with E-state index in [1.54, 1.807) is 10.7 Å². The highest BCUT2D eigenvalue weighted by atomic mass is 19.1. The van der Waals surface area contributed by atoms with Crippen molar-refractivity contribution in [3.05, 3.63) is 24.0 Å². The van der Waals surface area contributed by atoms with Crippen LogP contribution in [0.1, 0.15) is 52.0 Å². The van der Waals surface area contributed by atoms with E-state index in [0.29, 0.717) is 11.4 Å². The van der Waals surface area contributed by atoms with E-state index >= 15 is 0 Å². The van der Waals surface area contributed by atoms with Crippen LogP contribution in [0.2, 0.25) is 0 Å². The summed E-state index contributed by atoms with van der Waals surface area (Å²) in [6.07, 6.45) is 5.84. The first-order valence-corrected chi connectivity index (χ1v) is 7.46. The van der Waals surface area contributed by atoms with Gasteiger partial charge in [0.2, 0.25) is 0 Å². The van der Waals surface area contributed by atoms with Gasteiger partial charge in [0.05, 0.1) is 11.7 Å². The largest absolute Gasteiger partial charge is 0.396 e. The zero-order chi connectivity index (χ0) is 15.2. The first-order chi connectivity index (χ1) is 10.1. The lowest BCUT2D eigenvalue weighted by Gasteiger charge is -2.13. The molecule has 0 saturated carbocycles. The van der Waals surface area contributed by atoms with Gasteiger partial charge in [0.1, 0.15) is 5.82 Å². The lowest BCUT2D eigenvalue weighted by Crippen LogP contribution is -2.09. The number of nitrogens with two attached hydrogens (primary N) is 1. The molecule has 0 aliphatic carbocycles. The molecule has 6 heteroatoms. The summed E-state index contributed by atoms with van der Waals surface area (Å²) in [6.45, 7) is 4.28. The minimum Gasteiger partial charge on any atom is -0.396 e. The highest BCUT2D eigenvalue weighted by Gasteiger charge is 2.15. The third-order valence-electron chi connectivity index (χ3n) is 3.64. The van der Waals surface area contributed by atoms with Crippen molar-refractivity contribution in [2.24, 2.45) is 0 Å². The van der Waals surface area contributed by atoms with E-state index in [2.05, 4.69) is 29.4 Å². The lowest BCUT2D eigenvalue weighted by molar-refractivity contribution is 0.429. The number of unbranched alkanes of at least 4 members (excludes halogenated alkanes) is 3. The standard InChI is InChI=1S/C15H22FN5/c1-3-4-5-6-7-11(2)21-15(18-19-20-21)12-8-9-14(17)13(16)10-12/h8-11H,3-7,17H2,1-2H3. The summed E-state index contributed by atoms with van der Waals surface area (Å²) in [7, 11) is 0. The lowest BCUT2D eigenvalue weighted by atomic mass is 10.1. The van der Waals surface area contributed by atoms with Crippen molar-refractivity contribution in [3.8, 4) is 11.4 Å². The van der Waals surface area contributed by atoms with Gasteiger partial charge in [-0.1, -0.05) is 32.6 Å². The molecule has 2 rings (SSSR count). The average molecular weight is 291 g/mol. The molecule has 21 heavy (non-hydrogen) atoms. The van der Waals surface area contributed by atoms with Crippen LogP contribution in [0.5, 0.6) is 0 Å². The molecule has 0 amide bonds. The van der Waals surface area contributed by atoms with Crippen molar-refractivity contribution < 1.29 is 4.39 Å². The topological polar surface area (TPSA) is 69.6 Å². The second kappa shape index (κ2) is 7.15. The SMILES string of the molecule is CCCCCCC(C)n1nnnc1-c1ccc(N)c(F)c1. The van der Waals surface area contributed by atoms with Crippen molar-refractivity contribution in [2.75, 3.05) is 5.73 Å². The fourth-order valence-corrected chi connectivity index (χ4v) is 2.34. The Morgan fingerprint density at radius 1 is 1.29 bits per heavy atom. The first kappa shape index (κ1) is 15.4. The summed E-state index contributed by atoms with van der Waals surface area (Å²) in [5.74, 6) is 0.134. The Kier molecular flexibility index (Phi) is 5.25. The van der Waals surface area contributed by atoms with Crippen LogP contribution in [0.25, 0.3) is 11.4 Å². The molecule has 0 spiro atoms. The van der Waals surface area contributed by atoms with Gasteiger partial charge in [0.15, 0.2) is 5.82 Å². The monoisotopic (exact) mass is 291 g/mol. The van der Waals surface area contributed by atoms with Gasteiger partial charge in [-0.05, 0) is 42.0 Å². The summed E-state index contributed by atoms with van der Waals surface area (Å²) in [6, 6.07) is 4.84. The predicted molar refractivity (Wildman–Crippen MR) is 81.1 cm³/mol. The highest BCUT2D eigenvalue weighted by Crippen LogP contribution is 2.24. The summed E-state index contributed by atoms with van der Waals surface area (Å²) in [4.78, 5) is 0. The molecular formula is C15H22FN5. The van der Waals surface area contributed by atoms with E-state index in [4.69, 9.17) is 5.73 Å². The summed E-state index contributed by atoms with van der Waals surface area (Å²) in [5.41, 5.74) is 6.28. The summed E-state index contributed by atoms with van der Waals surface area (Å²) >= 11 is 0. The van der Waals surface area contributed by atoms with E-state index in [1.807, 2.05) is 0 Å². The second-order valence-corrected chi connectivity index (χ2v) is 5.38. The second-order valence-electron chi connectivity index (χ2n) is 5.38. The molecule has 0 aliphatic rings. The van der Waals surface area contributed by atoms with Crippen LogP contribution in [0.15, 0.2) is 18.2 Å². The molecule has 1 heterocycles. The number of nitrogens with zero attached hydrogens (tertiary/aromatic N) is 4. The third kappa shape index (κ3) is 3.77. The Labute approximate surface area is 124 Å². The number of halogens is 1. The third-order valence-corrected chi connectivity index (χ3v) is 3.64. The predicted octanol–water partition coefficient (Wildman–Crippen LogP) is 3.59. The number of hydrogen-bond acceptors (Lipinski definition) is 4. The Morgan fingerprint density at radius 2 is 2.10 bits per heavy atom. The number of tetrazole rings is 1. The maximum Gasteiger partial charge on any atom is 0.182 e. The molecule has 1 unspecified atom stereocenters. The van der Waals surface area contributed by atoms with Crippen LogP contribution in [0, 0.1) is 5.82 Å². The molecule has 0 fully saturated rings. The number of hydrogen-bond donors (Lipinski definition) is 1. The highest BCUT2D eigenvalue weighted by molar-refractivity contribution is 5.59. The fraction of sp³-hybridized carbons (Fsp3) is 0.533. The van der Waals surface area contributed by atoms with Crippen molar-refractivity contribution >= 4 is 5.69 Å². The molecule has 1 aromatic heterocycles. The zero-order valence-corrected chi connectivity index (χ0v) is 12.6. The number of benzene rings is 1.